The summed E-state index contributed by atoms with van der Waals surface area (Å²) in [6, 6.07) is 15.4. The molecular formula is C14H12BrClO3. The topological polar surface area (TPSA) is 57.5 Å². The van der Waals surface area contributed by atoms with Crippen molar-refractivity contribution in [3.8, 4) is 5.75 Å². The van der Waals surface area contributed by atoms with Gasteiger partial charge in [-0.3, -0.25) is 4.79 Å². The number of rotatable bonds is 2. The SMILES string of the molecule is O=C(O)C(Br)c1ccccc1.Oc1ccc(Cl)cc1. The molecule has 0 aliphatic carbocycles. The monoisotopic (exact) mass is 342 g/mol. The highest BCUT2D eigenvalue weighted by molar-refractivity contribution is 9.09. The first kappa shape index (κ1) is 15.5. The van der Waals surface area contributed by atoms with Crippen LogP contribution >= 0.6 is 27.5 Å². The summed E-state index contributed by atoms with van der Waals surface area (Å²) in [5, 5.41) is 17.9. The van der Waals surface area contributed by atoms with Gasteiger partial charge in [0.2, 0.25) is 0 Å². The minimum absolute atomic E-state index is 0.245. The van der Waals surface area contributed by atoms with E-state index < -0.39 is 10.8 Å². The number of carboxylic acid groups (broad SMARTS) is 1. The molecule has 0 saturated heterocycles. The van der Waals surface area contributed by atoms with E-state index in [2.05, 4.69) is 15.9 Å². The molecule has 2 N–H and O–H groups in total. The molecule has 0 amide bonds. The highest BCUT2D eigenvalue weighted by Gasteiger charge is 2.13. The average Bonchev–Trinajstić information content (AvgIpc) is 2.43. The molecule has 100 valence electrons. The highest BCUT2D eigenvalue weighted by atomic mass is 79.9. The smallest absolute Gasteiger partial charge is 0.321 e. The number of phenolic OH excluding ortho intramolecular Hbond substituents is 1. The number of hydrogen-bond donors (Lipinski definition) is 2. The summed E-state index contributed by atoms with van der Waals surface area (Å²) in [6.07, 6.45) is 0. The quantitative estimate of drug-likeness (QED) is 0.801. The lowest BCUT2D eigenvalue weighted by Gasteiger charge is -2.02. The summed E-state index contributed by atoms with van der Waals surface area (Å²) in [6.45, 7) is 0. The molecule has 0 fully saturated rings. The van der Waals surface area contributed by atoms with Crippen LogP contribution in [0, 0.1) is 0 Å². The fourth-order valence-corrected chi connectivity index (χ4v) is 1.64. The standard InChI is InChI=1S/C8H7BrO2.C6H5ClO/c9-7(8(10)11)6-4-2-1-3-5-6;7-5-1-3-6(8)4-2-5/h1-5,7H,(H,10,11);1-4,8H. The van der Waals surface area contributed by atoms with Crippen LogP contribution in [0.5, 0.6) is 5.75 Å². The van der Waals surface area contributed by atoms with Crippen LogP contribution in [0.4, 0.5) is 0 Å². The van der Waals surface area contributed by atoms with Crippen LogP contribution in [0.15, 0.2) is 54.6 Å². The second kappa shape index (κ2) is 7.81. The van der Waals surface area contributed by atoms with Gasteiger partial charge in [-0.05, 0) is 29.8 Å². The molecule has 1 unspecified atom stereocenters. The van der Waals surface area contributed by atoms with Crippen LogP contribution in [0.3, 0.4) is 0 Å². The lowest BCUT2D eigenvalue weighted by Crippen LogP contribution is -2.03. The molecule has 0 radical (unpaired) electrons. The fourth-order valence-electron chi connectivity index (χ4n) is 1.21. The number of phenols is 1. The Bertz CT molecular complexity index is 493. The molecule has 19 heavy (non-hydrogen) atoms. The fraction of sp³-hybridized carbons (Fsp3) is 0.0714. The molecule has 0 aromatic heterocycles. The number of hydrogen-bond acceptors (Lipinski definition) is 2. The lowest BCUT2D eigenvalue weighted by molar-refractivity contribution is -0.136. The van der Waals surface area contributed by atoms with E-state index in [1.54, 1.807) is 36.4 Å². The molecule has 0 aliphatic rings. The summed E-state index contributed by atoms with van der Waals surface area (Å²) < 4.78 is 0. The van der Waals surface area contributed by atoms with Crippen LogP contribution in [-0.4, -0.2) is 16.2 Å². The first-order chi connectivity index (χ1) is 9.00. The Kier molecular flexibility index (Phi) is 6.39. The maximum atomic E-state index is 10.5. The summed E-state index contributed by atoms with van der Waals surface area (Å²) in [5.74, 6) is -0.620. The normalized spacial score (nSPS) is 11.1. The largest absolute Gasteiger partial charge is 0.508 e. The molecule has 2 aromatic carbocycles. The van der Waals surface area contributed by atoms with Crippen molar-refractivity contribution in [2.45, 2.75) is 4.83 Å². The first-order valence-electron chi connectivity index (χ1n) is 5.37. The van der Waals surface area contributed by atoms with Gasteiger partial charge in [-0.2, -0.15) is 0 Å². The molecule has 0 spiro atoms. The average molecular weight is 344 g/mol. The van der Waals surface area contributed by atoms with Gasteiger partial charge in [0.15, 0.2) is 0 Å². The molecule has 0 bridgehead atoms. The van der Waals surface area contributed by atoms with Gasteiger partial charge in [-0.1, -0.05) is 57.9 Å². The summed E-state index contributed by atoms with van der Waals surface area (Å²) >= 11 is 8.55. The highest BCUT2D eigenvalue weighted by Crippen LogP contribution is 2.21. The van der Waals surface area contributed by atoms with E-state index in [0.29, 0.717) is 5.02 Å². The molecule has 1 atom stereocenters. The summed E-state index contributed by atoms with van der Waals surface area (Å²) in [5.41, 5.74) is 0.764. The maximum absolute atomic E-state index is 10.5. The molecule has 3 nitrogen and oxygen atoms in total. The van der Waals surface area contributed by atoms with Crippen LogP contribution < -0.4 is 0 Å². The predicted molar refractivity (Wildman–Crippen MR) is 78.9 cm³/mol. The Morgan fingerprint density at radius 2 is 1.58 bits per heavy atom. The van der Waals surface area contributed by atoms with Crippen molar-refractivity contribution in [2.24, 2.45) is 0 Å². The van der Waals surface area contributed by atoms with Crippen molar-refractivity contribution in [1.82, 2.24) is 0 Å². The third kappa shape index (κ3) is 5.77. The minimum atomic E-state index is -0.865. The van der Waals surface area contributed by atoms with Gasteiger partial charge in [0.05, 0.1) is 0 Å². The van der Waals surface area contributed by atoms with Crippen LogP contribution in [0.1, 0.15) is 10.4 Å². The molecule has 2 aromatic rings. The summed E-state index contributed by atoms with van der Waals surface area (Å²) in [4.78, 5) is 9.86. The van der Waals surface area contributed by atoms with Gasteiger partial charge in [0.1, 0.15) is 10.6 Å². The van der Waals surface area contributed by atoms with E-state index in [1.807, 2.05) is 18.2 Å². The molecular weight excluding hydrogens is 332 g/mol. The van der Waals surface area contributed by atoms with E-state index in [1.165, 1.54) is 0 Å². The summed E-state index contributed by atoms with van der Waals surface area (Å²) in [7, 11) is 0. The number of aromatic hydroxyl groups is 1. The molecule has 5 heteroatoms. The van der Waals surface area contributed by atoms with Crippen molar-refractivity contribution >= 4 is 33.5 Å². The van der Waals surface area contributed by atoms with Gasteiger partial charge in [-0.15, -0.1) is 0 Å². The van der Waals surface area contributed by atoms with Crippen molar-refractivity contribution in [1.29, 1.82) is 0 Å². The molecule has 0 saturated carbocycles. The van der Waals surface area contributed by atoms with E-state index >= 15 is 0 Å². The zero-order valence-electron chi connectivity index (χ0n) is 9.83. The predicted octanol–water partition coefficient (Wildman–Crippen LogP) is 4.25. The number of halogens is 2. The zero-order valence-corrected chi connectivity index (χ0v) is 12.2. The van der Waals surface area contributed by atoms with Gasteiger partial charge in [0, 0.05) is 5.02 Å². The van der Waals surface area contributed by atoms with E-state index in [0.717, 1.165) is 5.56 Å². The van der Waals surface area contributed by atoms with Crippen molar-refractivity contribution in [3.63, 3.8) is 0 Å². The molecule has 0 heterocycles. The van der Waals surface area contributed by atoms with E-state index in [4.69, 9.17) is 21.8 Å². The van der Waals surface area contributed by atoms with Gasteiger partial charge in [-0.25, -0.2) is 0 Å². The third-order valence-corrected chi connectivity index (χ3v) is 3.31. The third-order valence-electron chi connectivity index (χ3n) is 2.14. The van der Waals surface area contributed by atoms with Crippen molar-refractivity contribution in [3.05, 3.63) is 65.2 Å². The Hall–Kier alpha value is -1.52. The van der Waals surface area contributed by atoms with Crippen LogP contribution in [0.2, 0.25) is 5.02 Å². The Morgan fingerprint density at radius 3 is 2.00 bits per heavy atom. The lowest BCUT2D eigenvalue weighted by atomic mass is 10.2. The zero-order chi connectivity index (χ0) is 14.3. The maximum Gasteiger partial charge on any atom is 0.321 e. The second-order valence-electron chi connectivity index (χ2n) is 3.59. The van der Waals surface area contributed by atoms with Crippen LogP contribution in [-0.2, 0) is 4.79 Å². The Labute approximate surface area is 124 Å². The van der Waals surface area contributed by atoms with Crippen molar-refractivity contribution in [2.75, 3.05) is 0 Å². The van der Waals surface area contributed by atoms with E-state index in [-0.39, 0.29) is 5.75 Å². The number of benzene rings is 2. The number of alkyl halides is 1. The second-order valence-corrected chi connectivity index (χ2v) is 4.94. The van der Waals surface area contributed by atoms with Gasteiger partial charge < -0.3 is 10.2 Å². The Balaban J connectivity index is 0.000000200. The number of carbonyl (C=O) groups is 1. The van der Waals surface area contributed by atoms with Gasteiger partial charge >= 0.3 is 5.97 Å². The minimum Gasteiger partial charge on any atom is -0.508 e. The number of aliphatic carboxylic acids is 1. The Morgan fingerprint density at radius 1 is 1.05 bits per heavy atom. The van der Waals surface area contributed by atoms with Crippen LogP contribution in [0.25, 0.3) is 0 Å². The van der Waals surface area contributed by atoms with E-state index in [9.17, 15) is 4.79 Å². The van der Waals surface area contributed by atoms with Gasteiger partial charge in [0.25, 0.3) is 0 Å². The number of carboxylic acids is 1. The molecule has 0 aliphatic heterocycles. The first-order valence-corrected chi connectivity index (χ1v) is 6.66. The van der Waals surface area contributed by atoms with Crippen molar-refractivity contribution < 1.29 is 15.0 Å². The molecule has 2 rings (SSSR count).